The van der Waals surface area contributed by atoms with Gasteiger partial charge in [-0.3, -0.25) is 9.59 Å². The number of rotatable bonds is 6. The van der Waals surface area contributed by atoms with Crippen LogP contribution in [0.15, 0.2) is 58.2 Å². The van der Waals surface area contributed by atoms with Gasteiger partial charge in [-0.2, -0.15) is 5.10 Å². The Morgan fingerprint density at radius 2 is 1.85 bits per heavy atom. The lowest BCUT2D eigenvalue weighted by molar-refractivity contribution is 0.0948. The van der Waals surface area contributed by atoms with Crippen LogP contribution in [0.5, 0.6) is 0 Å². The van der Waals surface area contributed by atoms with E-state index in [-0.39, 0.29) is 23.0 Å². The van der Waals surface area contributed by atoms with Crippen molar-refractivity contribution in [3.05, 3.63) is 70.4 Å². The number of carbonyl (C=O) groups excluding carboxylic acids is 1. The molecular weight excluding hydrogens is 353 g/mol. The smallest absolute Gasteiger partial charge is 0.274 e. The highest BCUT2D eigenvalue weighted by molar-refractivity contribution is 7.99. The van der Waals surface area contributed by atoms with Crippen LogP contribution in [-0.4, -0.2) is 28.0 Å². The number of nitrogens with one attached hydrogen (secondary N) is 1. The van der Waals surface area contributed by atoms with Crippen molar-refractivity contribution in [3.8, 4) is 0 Å². The number of aromatic nitrogens is 2. The third kappa shape index (κ3) is 4.11. The van der Waals surface area contributed by atoms with Crippen LogP contribution in [0.3, 0.4) is 0 Å². The lowest BCUT2D eigenvalue weighted by Gasteiger charge is -2.09. The Kier molecular flexibility index (Phi) is 5.68. The van der Waals surface area contributed by atoms with Gasteiger partial charge in [0.15, 0.2) is 5.69 Å². The molecule has 0 bridgehead atoms. The van der Waals surface area contributed by atoms with Crippen molar-refractivity contribution in [3.63, 3.8) is 0 Å². The monoisotopic (exact) mass is 371 g/mol. The van der Waals surface area contributed by atoms with Crippen molar-refractivity contribution >= 4 is 28.4 Å². The molecule has 0 saturated heterocycles. The standard InChI is InChI=1S/C19H18FN3O2S/c1-23-19(25)16-6-3-2-5-15(16)17(22-23)18(24)21-11-4-12-26-14-9-7-13(20)8-10-14/h2-3,5-10H,4,11-12H2,1H3,(H,21,24). The summed E-state index contributed by atoms with van der Waals surface area (Å²) in [5.74, 6) is 0.245. The molecule has 1 N–H and O–H groups in total. The summed E-state index contributed by atoms with van der Waals surface area (Å²) in [5.41, 5.74) is 0.0155. The van der Waals surface area contributed by atoms with Crippen LogP contribution < -0.4 is 10.9 Å². The Hall–Kier alpha value is -2.67. The van der Waals surface area contributed by atoms with E-state index in [4.69, 9.17) is 0 Å². The zero-order valence-electron chi connectivity index (χ0n) is 14.2. The molecule has 26 heavy (non-hydrogen) atoms. The third-order valence-electron chi connectivity index (χ3n) is 3.86. The number of fused-ring (bicyclic) bond motifs is 1. The molecule has 3 rings (SSSR count). The van der Waals surface area contributed by atoms with E-state index in [1.807, 2.05) is 0 Å². The van der Waals surface area contributed by atoms with Gasteiger partial charge in [0.2, 0.25) is 0 Å². The molecule has 0 radical (unpaired) electrons. The van der Waals surface area contributed by atoms with Crippen molar-refractivity contribution in [1.82, 2.24) is 15.1 Å². The summed E-state index contributed by atoms with van der Waals surface area (Å²) < 4.78 is 14.0. The quantitative estimate of drug-likeness (QED) is 0.534. The van der Waals surface area contributed by atoms with E-state index in [1.54, 1.807) is 48.2 Å². The van der Waals surface area contributed by atoms with E-state index in [0.717, 1.165) is 17.1 Å². The van der Waals surface area contributed by atoms with Crippen molar-refractivity contribution in [2.75, 3.05) is 12.3 Å². The first-order chi connectivity index (χ1) is 12.6. The largest absolute Gasteiger partial charge is 0.351 e. The Labute approximate surface area is 154 Å². The summed E-state index contributed by atoms with van der Waals surface area (Å²) in [4.78, 5) is 25.5. The molecule has 0 unspecified atom stereocenters. The van der Waals surface area contributed by atoms with Crippen molar-refractivity contribution in [2.24, 2.45) is 7.05 Å². The maximum Gasteiger partial charge on any atom is 0.274 e. The molecule has 0 aliphatic carbocycles. The summed E-state index contributed by atoms with van der Waals surface area (Å²) in [6, 6.07) is 13.3. The predicted octanol–water partition coefficient (Wildman–Crippen LogP) is 2.98. The molecule has 1 amide bonds. The number of carbonyl (C=O) groups is 1. The fourth-order valence-corrected chi connectivity index (χ4v) is 3.40. The number of halogens is 1. The second-order valence-electron chi connectivity index (χ2n) is 5.73. The predicted molar refractivity (Wildman–Crippen MR) is 101 cm³/mol. The van der Waals surface area contributed by atoms with E-state index in [0.29, 0.717) is 17.3 Å². The van der Waals surface area contributed by atoms with Crippen LogP contribution in [-0.2, 0) is 7.05 Å². The number of amides is 1. The fraction of sp³-hybridized carbons (Fsp3) is 0.211. The molecular formula is C19H18FN3O2S. The normalized spacial score (nSPS) is 10.8. The summed E-state index contributed by atoms with van der Waals surface area (Å²) in [7, 11) is 1.53. The SMILES string of the molecule is Cn1nc(C(=O)NCCCSc2ccc(F)cc2)c2ccccc2c1=O. The van der Waals surface area contributed by atoms with Crippen LogP contribution in [0.25, 0.3) is 10.8 Å². The van der Waals surface area contributed by atoms with Crippen molar-refractivity contribution < 1.29 is 9.18 Å². The number of hydrogen-bond acceptors (Lipinski definition) is 4. The van der Waals surface area contributed by atoms with Gasteiger partial charge >= 0.3 is 0 Å². The van der Waals surface area contributed by atoms with Gasteiger partial charge in [0.05, 0.1) is 5.39 Å². The first-order valence-corrected chi connectivity index (χ1v) is 9.17. The Bertz CT molecular complexity index is 986. The molecule has 1 heterocycles. The molecule has 0 atom stereocenters. The zero-order chi connectivity index (χ0) is 18.5. The van der Waals surface area contributed by atoms with Crippen LogP contribution in [0.4, 0.5) is 4.39 Å². The van der Waals surface area contributed by atoms with Crippen LogP contribution in [0.2, 0.25) is 0 Å². The lowest BCUT2D eigenvalue weighted by Crippen LogP contribution is -2.30. The van der Waals surface area contributed by atoms with Crippen LogP contribution in [0, 0.1) is 5.82 Å². The molecule has 7 heteroatoms. The highest BCUT2D eigenvalue weighted by Gasteiger charge is 2.14. The van der Waals surface area contributed by atoms with E-state index in [2.05, 4.69) is 10.4 Å². The van der Waals surface area contributed by atoms with Crippen molar-refractivity contribution in [1.29, 1.82) is 0 Å². The molecule has 0 spiro atoms. The molecule has 0 fully saturated rings. The number of thioether (sulfide) groups is 1. The fourth-order valence-electron chi connectivity index (χ4n) is 2.55. The molecule has 0 saturated carbocycles. The van der Waals surface area contributed by atoms with Gasteiger partial charge in [0, 0.05) is 23.9 Å². The topological polar surface area (TPSA) is 64.0 Å². The van der Waals surface area contributed by atoms with E-state index in [1.165, 1.54) is 23.9 Å². The highest BCUT2D eigenvalue weighted by Crippen LogP contribution is 2.18. The van der Waals surface area contributed by atoms with Gasteiger partial charge in [-0.05, 0) is 42.5 Å². The van der Waals surface area contributed by atoms with Crippen LogP contribution >= 0.6 is 11.8 Å². The van der Waals surface area contributed by atoms with E-state index >= 15 is 0 Å². The molecule has 2 aromatic carbocycles. The number of nitrogens with zero attached hydrogens (tertiary/aromatic N) is 2. The lowest BCUT2D eigenvalue weighted by atomic mass is 10.1. The minimum atomic E-state index is -0.302. The number of hydrogen-bond donors (Lipinski definition) is 1. The van der Waals surface area contributed by atoms with Gasteiger partial charge in [-0.1, -0.05) is 18.2 Å². The second-order valence-corrected chi connectivity index (χ2v) is 6.90. The average Bonchev–Trinajstić information content (AvgIpc) is 2.65. The van der Waals surface area contributed by atoms with Crippen LogP contribution in [0.1, 0.15) is 16.9 Å². The Balaban J connectivity index is 1.59. The van der Waals surface area contributed by atoms with E-state index < -0.39 is 0 Å². The summed E-state index contributed by atoms with van der Waals surface area (Å²) in [5, 5.41) is 7.97. The minimum Gasteiger partial charge on any atom is -0.351 e. The van der Waals surface area contributed by atoms with Gasteiger partial charge in [0.1, 0.15) is 5.82 Å². The summed E-state index contributed by atoms with van der Waals surface area (Å²) in [6.45, 7) is 0.492. The molecule has 3 aromatic rings. The highest BCUT2D eigenvalue weighted by atomic mass is 32.2. The third-order valence-corrected chi connectivity index (χ3v) is 4.96. The first kappa shape index (κ1) is 18.1. The summed E-state index contributed by atoms with van der Waals surface area (Å²) >= 11 is 1.60. The minimum absolute atomic E-state index is 0.229. The van der Waals surface area contributed by atoms with Gasteiger partial charge < -0.3 is 5.32 Å². The van der Waals surface area contributed by atoms with Gasteiger partial charge in [0.25, 0.3) is 11.5 Å². The van der Waals surface area contributed by atoms with Gasteiger partial charge in [-0.25, -0.2) is 9.07 Å². The first-order valence-electron chi connectivity index (χ1n) is 8.19. The second kappa shape index (κ2) is 8.14. The van der Waals surface area contributed by atoms with Crippen molar-refractivity contribution in [2.45, 2.75) is 11.3 Å². The Morgan fingerprint density at radius 3 is 2.58 bits per heavy atom. The molecule has 5 nitrogen and oxygen atoms in total. The number of aryl methyl sites for hydroxylation is 1. The average molecular weight is 371 g/mol. The Morgan fingerprint density at radius 1 is 1.15 bits per heavy atom. The molecule has 0 aliphatic heterocycles. The maximum absolute atomic E-state index is 12.9. The number of benzene rings is 2. The summed E-state index contributed by atoms with van der Waals surface area (Å²) in [6.07, 6.45) is 0.761. The molecule has 134 valence electrons. The molecule has 0 aliphatic rings. The zero-order valence-corrected chi connectivity index (χ0v) is 15.1. The maximum atomic E-state index is 12.9. The molecule has 1 aromatic heterocycles. The van der Waals surface area contributed by atoms with Gasteiger partial charge in [-0.15, -0.1) is 11.8 Å². The van der Waals surface area contributed by atoms with E-state index in [9.17, 15) is 14.0 Å².